The lowest BCUT2D eigenvalue weighted by Crippen LogP contribution is -2.21. The molecule has 0 saturated carbocycles. The molecule has 0 aliphatic rings. The van der Waals surface area contributed by atoms with E-state index >= 15 is 0 Å². The Bertz CT molecular complexity index is 134. The van der Waals surface area contributed by atoms with E-state index in [4.69, 9.17) is 11.1 Å². The summed E-state index contributed by atoms with van der Waals surface area (Å²) in [6, 6.07) is 0. The van der Waals surface area contributed by atoms with Crippen LogP contribution in [-0.4, -0.2) is 30.9 Å². The standard InChI is InChI=1S/C10H23N3/c1-3-4-8-13(2)9-6-5-7-10(11)12/h3-9H2,1-2H3,(H3,11,12). The Morgan fingerprint density at radius 2 is 1.85 bits per heavy atom. The van der Waals surface area contributed by atoms with E-state index in [0.717, 1.165) is 25.8 Å². The Kier molecular flexibility index (Phi) is 7.69. The molecule has 78 valence electrons. The van der Waals surface area contributed by atoms with Gasteiger partial charge >= 0.3 is 0 Å². The van der Waals surface area contributed by atoms with Gasteiger partial charge in [0.15, 0.2) is 0 Å². The van der Waals surface area contributed by atoms with Gasteiger partial charge in [0, 0.05) is 6.42 Å². The Labute approximate surface area is 81.8 Å². The zero-order chi connectivity index (χ0) is 10.1. The number of rotatable bonds is 8. The summed E-state index contributed by atoms with van der Waals surface area (Å²) in [6.07, 6.45) is 5.49. The molecule has 0 saturated heterocycles. The highest BCUT2D eigenvalue weighted by Gasteiger charge is 1.97. The minimum absolute atomic E-state index is 0.316. The second kappa shape index (κ2) is 8.05. The summed E-state index contributed by atoms with van der Waals surface area (Å²) in [5.41, 5.74) is 5.26. The molecule has 0 aliphatic carbocycles. The lowest BCUT2D eigenvalue weighted by molar-refractivity contribution is 0.321. The number of nitrogens with zero attached hydrogens (tertiary/aromatic N) is 1. The molecule has 0 aromatic heterocycles. The third kappa shape index (κ3) is 9.34. The van der Waals surface area contributed by atoms with Gasteiger partial charge in [-0.05, 0) is 39.4 Å². The van der Waals surface area contributed by atoms with Gasteiger partial charge in [-0.3, -0.25) is 5.41 Å². The minimum atomic E-state index is 0.316. The molecule has 3 heteroatoms. The molecular formula is C10H23N3. The van der Waals surface area contributed by atoms with Crippen LogP contribution in [0.3, 0.4) is 0 Å². The molecule has 0 fully saturated rings. The van der Waals surface area contributed by atoms with Crippen LogP contribution in [0.15, 0.2) is 0 Å². The average Bonchev–Trinajstić information content (AvgIpc) is 2.08. The number of nitrogens with one attached hydrogen (secondary N) is 1. The van der Waals surface area contributed by atoms with E-state index < -0.39 is 0 Å². The number of unbranched alkanes of at least 4 members (excludes halogenated alkanes) is 2. The van der Waals surface area contributed by atoms with Gasteiger partial charge in [0.1, 0.15) is 0 Å². The van der Waals surface area contributed by atoms with Crippen molar-refractivity contribution in [3.8, 4) is 0 Å². The zero-order valence-electron chi connectivity index (χ0n) is 8.97. The van der Waals surface area contributed by atoms with E-state index in [2.05, 4.69) is 18.9 Å². The number of hydrogen-bond donors (Lipinski definition) is 2. The lowest BCUT2D eigenvalue weighted by Gasteiger charge is -2.15. The number of amidine groups is 1. The van der Waals surface area contributed by atoms with E-state index in [-0.39, 0.29) is 0 Å². The first-order chi connectivity index (χ1) is 6.16. The fourth-order valence-electron chi connectivity index (χ4n) is 1.24. The molecule has 3 N–H and O–H groups in total. The van der Waals surface area contributed by atoms with E-state index in [1.807, 2.05) is 0 Å². The van der Waals surface area contributed by atoms with Crippen LogP contribution in [0.5, 0.6) is 0 Å². The van der Waals surface area contributed by atoms with Crippen LogP contribution in [0.2, 0.25) is 0 Å². The molecule has 0 spiro atoms. The average molecular weight is 185 g/mol. The predicted molar refractivity (Wildman–Crippen MR) is 58.2 cm³/mol. The van der Waals surface area contributed by atoms with Crippen LogP contribution in [0.4, 0.5) is 0 Å². The summed E-state index contributed by atoms with van der Waals surface area (Å²) in [5.74, 6) is 0.316. The van der Waals surface area contributed by atoms with Gasteiger partial charge in [0.25, 0.3) is 0 Å². The maximum atomic E-state index is 7.06. The molecule has 0 atom stereocenters. The fraction of sp³-hybridized carbons (Fsp3) is 0.900. The van der Waals surface area contributed by atoms with Crippen molar-refractivity contribution < 1.29 is 0 Å². The Morgan fingerprint density at radius 1 is 1.23 bits per heavy atom. The summed E-state index contributed by atoms with van der Waals surface area (Å²) >= 11 is 0. The van der Waals surface area contributed by atoms with E-state index in [1.54, 1.807) is 0 Å². The monoisotopic (exact) mass is 185 g/mol. The maximum Gasteiger partial charge on any atom is 0.0905 e. The summed E-state index contributed by atoms with van der Waals surface area (Å²) in [4.78, 5) is 2.35. The van der Waals surface area contributed by atoms with Crippen molar-refractivity contribution in [2.75, 3.05) is 20.1 Å². The van der Waals surface area contributed by atoms with Gasteiger partial charge in [0.2, 0.25) is 0 Å². The van der Waals surface area contributed by atoms with Crippen LogP contribution >= 0.6 is 0 Å². The molecule has 3 nitrogen and oxygen atoms in total. The topological polar surface area (TPSA) is 53.1 Å². The first-order valence-electron chi connectivity index (χ1n) is 5.18. The normalized spacial score (nSPS) is 10.7. The van der Waals surface area contributed by atoms with Crippen molar-refractivity contribution in [1.82, 2.24) is 4.90 Å². The molecule has 0 bridgehead atoms. The minimum Gasteiger partial charge on any atom is -0.388 e. The van der Waals surface area contributed by atoms with Crippen LogP contribution in [0.1, 0.15) is 39.0 Å². The molecule has 13 heavy (non-hydrogen) atoms. The summed E-state index contributed by atoms with van der Waals surface area (Å²) in [5, 5.41) is 7.06. The van der Waals surface area contributed by atoms with Gasteiger partial charge < -0.3 is 10.6 Å². The van der Waals surface area contributed by atoms with Gasteiger partial charge in [-0.25, -0.2) is 0 Å². The molecule has 0 radical (unpaired) electrons. The van der Waals surface area contributed by atoms with Gasteiger partial charge in [0.05, 0.1) is 5.84 Å². The first-order valence-corrected chi connectivity index (χ1v) is 5.18. The summed E-state index contributed by atoms with van der Waals surface area (Å²) < 4.78 is 0. The lowest BCUT2D eigenvalue weighted by atomic mass is 10.2. The molecule has 0 heterocycles. The third-order valence-electron chi connectivity index (χ3n) is 2.13. The summed E-state index contributed by atoms with van der Waals surface area (Å²) in [6.45, 7) is 4.54. The Morgan fingerprint density at radius 3 is 2.38 bits per heavy atom. The van der Waals surface area contributed by atoms with Gasteiger partial charge in [-0.15, -0.1) is 0 Å². The van der Waals surface area contributed by atoms with Crippen LogP contribution < -0.4 is 5.73 Å². The van der Waals surface area contributed by atoms with Crippen molar-refractivity contribution in [2.45, 2.75) is 39.0 Å². The van der Waals surface area contributed by atoms with E-state index in [9.17, 15) is 0 Å². The van der Waals surface area contributed by atoms with Crippen molar-refractivity contribution >= 4 is 5.84 Å². The number of hydrogen-bond acceptors (Lipinski definition) is 2. The fourth-order valence-corrected chi connectivity index (χ4v) is 1.24. The molecule has 0 aliphatic heterocycles. The Balaban J connectivity index is 3.16. The van der Waals surface area contributed by atoms with Crippen molar-refractivity contribution in [3.63, 3.8) is 0 Å². The molecule has 0 unspecified atom stereocenters. The van der Waals surface area contributed by atoms with Crippen LogP contribution in [-0.2, 0) is 0 Å². The molecule has 0 rings (SSSR count). The van der Waals surface area contributed by atoms with Crippen molar-refractivity contribution in [2.24, 2.45) is 5.73 Å². The van der Waals surface area contributed by atoms with E-state index in [1.165, 1.54) is 19.4 Å². The highest BCUT2D eigenvalue weighted by Crippen LogP contribution is 1.98. The van der Waals surface area contributed by atoms with Crippen molar-refractivity contribution in [3.05, 3.63) is 0 Å². The molecule has 0 aromatic rings. The first kappa shape index (κ1) is 12.4. The van der Waals surface area contributed by atoms with Crippen molar-refractivity contribution in [1.29, 1.82) is 5.41 Å². The maximum absolute atomic E-state index is 7.06. The van der Waals surface area contributed by atoms with Gasteiger partial charge in [-0.1, -0.05) is 13.3 Å². The van der Waals surface area contributed by atoms with Crippen LogP contribution in [0.25, 0.3) is 0 Å². The largest absolute Gasteiger partial charge is 0.388 e. The smallest absolute Gasteiger partial charge is 0.0905 e. The highest BCUT2D eigenvalue weighted by atomic mass is 15.1. The zero-order valence-corrected chi connectivity index (χ0v) is 8.97. The quantitative estimate of drug-likeness (QED) is 0.344. The second-order valence-corrected chi connectivity index (χ2v) is 3.64. The number of nitrogens with two attached hydrogens (primary N) is 1. The second-order valence-electron chi connectivity index (χ2n) is 3.64. The van der Waals surface area contributed by atoms with E-state index in [0.29, 0.717) is 5.84 Å². The predicted octanol–water partition coefficient (Wildman–Crippen LogP) is 1.82. The van der Waals surface area contributed by atoms with Crippen LogP contribution in [0, 0.1) is 5.41 Å². The molecular weight excluding hydrogens is 162 g/mol. The Hall–Kier alpha value is -0.570. The third-order valence-corrected chi connectivity index (χ3v) is 2.13. The summed E-state index contributed by atoms with van der Waals surface area (Å²) in [7, 11) is 2.16. The highest BCUT2D eigenvalue weighted by molar-refractivity contribution is 5.76. The molecule has 0 amide bonds. The van der Waals surface area contributed by atoms with Gasteiger partial charge in [-0.2, -0.15) is 0 Å². The molecule has 0 aromatic carbocycles. The SMILES string of the molecule is CCCCN(C)CCCCC(=N)N.